The lowest BCUT2D eigenvalue weighted by Crippen LogP contribution is -1.90. The zero-order valence-electron chi connectivity index (χ0n) is 8.18. The highest BCUT2D eigenvalue weighted by Gasteiger charge is 2.13. The first-order valence-electron chi connectivity index (χ1n) is 4.32. The third kappa shape index (κ3) is 2.03. The normalized spacial score (nSPS) is 10.4. The fraction of sp³-hybridized carbons (Fsp3) is 0.111. The van der Waals surface area contributed by atoms with E-state index in [1.807, 2.05) is 22.6 Å². The number of benzene rings is 1. The Morgan fingerprint density at radius 1 is 1.44 bits per heavy atom. The Bertz CT molecular complexity index is 553. The zero-order valence-corrected chi connectivity index (χ0v) is 10.3. The predicted molar refractivity (Wildman–Crippen MR) is 63.8 cm³/mol. The van der Waals surface area contributed by atoms with Crippen molar-refractivity contribution in [3.63, 3.8) is 0 Å². The topological polar surface area (TPSA) is 82.1 Å². The van der Waals surface area contributed by atoms with Crippen LogP contribution in [-0.4, -0.2) is 15.1 Å². The summed E-state index contributed by atoms with van der Waals surface area (Å²) in [7, 11) is 0. The van der Waals surface area contributed by atoms with Crippen LogP contribution in [0.2, 0.25) is 0 Å². The van der Waals surface area contributed by atoms with Crippen LogP contribution in [0.4, 0.5) is 5.69 Å². The zero-order chi connectivity index (χ0) is 11.7. The van der Waals surface area contributed by atoms with Crippen LogP contribution in [0.15, 0.2) is 22.6 Å². The minimum atomic E-state index is -0.436. The monoisotopic (exact) mass is 331 g/mol. The number of nitro groups is 1. The highest BCUT2D eigenvalue weighted by molar-refractivity contribution is 14.1. The molecule has 0 saturated carbocycles. The van der Waals surface area contributed by atoms with E-state index in [4.69, 9.17) is 4.42 Å². The number of nitrogens with zero attached hydrogens (tertiary/aromatic N) is 3. The number of hydrogen-bond donors (Lipinski definition) is 0. The smallest absolute Gasteiger partial charge is 0.278 e. The van der Waals surface area contributed by atoms with E-state index in [-0.39, 0.29) is 5.69 Å². The van der Waals surface area contributed by atoms with Crippen molar-refractivity contribution in [3.8, 4) is 11.5 Å². The summed E-state index contributed by atoms with van der Waals surface area (Å²) in [4.78, 5) is 10.1. The van der Waals surface area contributed by atoms with Gasteiger partial charge in [-0.15, -0.1) is 10.2 Å². The second kappa shape index (κ2) is 4.16. The molecule has 0 fully saturated rings. The van der Waals surface area contributed by atoms with Gasteiger partial charge in [-0.1, -0.05) is 0 Å². The number of non-ortho nitro benzene ring substituents is 1. The van der Waals surface area contributed by atoms with Crippen molar-refractivity contribution in [2.45, 2.75) is 6.92 Å². The molecule has 0 saturated heterocycles. The largest absolute Gasteiger partial charge is 0.412 e. The minimum Gasteiger partial charge on any atom is -0.412 e. The van der Waals surface area contributed by atoms with Crippen LogP contribution in [-0.2, 0) is 0 Å². The molecule has 0 aliphatic carbocycles. The number of halogens is 1. The predicted octanol–water partition coefficient (Wildman–Crippen LogP) is 2.56. The molecule has 7 heteroatoms. The molecule has 0 radical (unpaired) electrons. The van der Waals surface area contributed by atoms with Gasteiger partial charge in [0.05, 0.1) is 4.92 Å². The van der Waals surface area contributed by atoms with Crippen molar-refractivity contribution in [3.05, 3.63) is 37.8 Å². The van der Waals surface area contributed by atoms with Crippen LogP contribution < -0.4 is 0 Å². The van der Waals surface area contributed by atoms with E-state index in [1.165, 1.54) is 12.1 Å². The van der Waals surface area contributed by atoms with Gasteiger partial charge in [-0.25, -0.2) is 0 Å². The van der Waals surface area contributed by atoms with Crippen molar-refractivity contribution >= 4 is 28.3 Å². The molecule has 0 aliphatic heterocycles. The maximum absolute atomic E-state index is 10.6. The lowest BCUT2D eigenvalue weighted by molar-refractivity contribution is -0.384. The van der Waals surface area contributed by atoms with Gasteiger partial charge in [0.1, 0.15) is 0 Å². The second-order valence-electron chi connectivity index (χ2n) is 3.12. The molecule has 1 heterocycles. The molecule has 1 aromatic heterocycles. The SMILES string of the molecule is Cc1cc([N+](=O)[O-])ccc1-c1nnc(I)o1. The van der Waals surface area contributed by atoms with Crippen LogP contribution in [0.1, 0.15) is 5.56 Å². The summed E-state index contributed by atoms with van der Waals surface area (Å²) < 4.78 is 5.68. The fourth-order valence-electron chi connectivity index (χ4n) is 1.32. The van der Waals surface area contributed by atoms with Crippen LogP contribution in [0.25, 0.3) is 11.5 Å². The summed E-state index contributed by atoms with van der Waals surface area (Å²) in [5.74, 6) is 0.372. The Balaban J connectivity index is 2.47. The van der Waals surface area contributed by atoms with E-state index in [0.717, 1.165) is 5.56 Å². The summed E-state index contributed by atoms with van der Waals surface area (Å²) in [5, 5.41) is 18.1. The van der Waals surface area contributed by atoms with Crippen molar-refractivity contribution < 1.29 is 9.34 Å². The first kappa shape index (κ1) is 11.0. The molecule has 0 spiro atoms. The van der Waals surface area contributed by atoms with Crippen LogP contribution in [0, 0.1) is 20.9 Å². The van der Waals surface area contributed by atoms with E-state index in [1.54, 1.807) is 13.0 Å². The summed E-state index contributed by atoms with van der Waals surface area (Å²) in [5.41, 5.74) is 1.49. The molecule has 2 rings (SSSR count). The molecular formula is C9H6IN3O3. The maximum Gasteiger partial charge on any atom is 0.278 e. The number of nitro benzene ring substituents is 1. The average molecular weight is 331 g/mol. The quantitative estimate of drug-likeness (QED) is 0.480. The molecule has 0 unspecified atom stereocenters. The van der Waals surface area contributed by atoms with Gasteiger partial charge in [0, 0.05) is 40.3 Å². The first-order chi connectivity index (χ1) is 7.58. The molecule has 16 heavy (non-hydrogen) atoms. The highest BCUT2D eigenvalue weighted by atomic mass is 127. The third-order valence-electron chi connectivity index (χ3n) is 2.05. The summed E-state index contributed by atoms with van der Waals surface area (Å²) >= 11 is 1.91. The van der Waals surface area contributed by atoms with E-state index < -0.39 is 4.92 Å². The Morgan fingerprint density at radius 2 is 2.19 bits per heavy atom. The standard InChI is InChI=1S/C9H6IN3O3/c1-5-4-6(13(14)15)2-3-7(5)8-11-12-9(10)16-8/h2-4H,1H3. The summed E-state index contributed by atoms with van der Waals surface area (Å²) in [6.45, 7) is 1.76. The van der Waals surface area contributed by atoms with Gasteiger partial charge < -0.3 is 4.42 Å². The summed E-state index contributed by atoms with van der Waals surface area (Å²) in [6, 6.07) is 4.50. The molecule has 0 bridgehead atoms. The number of aromatic nitrogens is 2. The van der Waals surface area contributed by atoms with Crippen LogP contribution >= 0.6 is 22.6 Å². The fourth-order valence-corrected chi connectivity index (χ4v) is 1.63. The van der Waals surface area contributed by atoms with Gasteiger partial charge in [-0.2, -0.15) is 0 Å². The van der Waals surface area contributed by atoms with E-state index >= 15 is 0 Å². The van der Waals surface area contributed by atoms with Gasteiger partial charge in [-0.3, -0.25) is 10.1 Å². The van der Waals surface area contributed by atoms with Crippen LogP contribution in [0.3, 0.4) is 0 Å². The van der Waals surface area contributed by atoms with E-state index in [9.17, 15) is 10.1 Å². The van der Waals surface area contributed by atoms with E-state index in [2.05, 4.69) is 10.2 Å². The van der Waals surface area contributed by atoms with E-state index in [0.29, 0.717) is 15.4 Å². The van der Waals surface area contributed by atoms with Crippen molar-refractivity contribution in [1.29, 1.82) is 0 Å². The molecule has 6 nitrogen and oxygen atoms in total. The van der Waals surface area contributed by atoms with Gasteiger partial charge in [0.25, 0.3) is 9.58 Å². The Hall–Kier alpha value is -1.51. The molecule has 82 valence electrons. The van der Waals surface area contributed by atoms with Gasteiger partial charge >= 0.3 is 0 Å². The molecule has 1 aromatic carbocycles. The minimum absolute atomic E-state index is 0.0514. The highest BCUT2D eigenvalue weighted by Crippen LogP contribution is 2.25. The lowest BCUT2D eigenvalue weighted by atomic mass is 10.1. The summed E-state index contributed by atoms with van der Waals surface area (Å²) in [6.07, 6.45) is 0. The number of hydrogen-bond acceptors (Lipinski definition) is 5. The molecular weight excluding hydrogens is 325 g/mol. The Morgan fingerprint density at radius 3 is 2.69 bits per heavy atom. The van der Waals surface area contributed by atoms with Crippen LogP contribution in [0.5, 0.6) is 0 Å². The molecule has 2 aromatic rings. The Kier molecular flexibility index (Phi) is 2.86. The lowest BCUT2D eigenvalue weighted by Gasteiger charge is -1.99. The van der Waals surface area contributed by atoms with Crippen molar-refractivity contribution in [2.75, 3.05) is 0 Å². The van der Waals surface area contributed by atoms with Crippen molar-refractivity contribution in [1.82, 2.24) is 10.2 Å². The van der Waals surface area contributed by atoms with Gasteiger partial charge in [0.2, 0.25) is 5.89 Å². The third-order valence-corrected chi connectivity index (χ3v) is 2.49. The molecule has 0 aliphatic rings. The molecule has 0 amide bonds. The number of aryl methyl sites for hydroxylation is 1. The van der Waals surface area contributed by atoms with Gasteiger partial charge in [-0.05, 0) is 18.6 Å². The molecule has 0 atom stereocenters. The first-order valence-corrected chi connectivity index (χ1v) is 5.40. The second-order valence-corrected chi connectivity index (χ2v) is 4.04. The Labute approximate surface area is 104 Å². The average Bonchev–Trinajstić information content (AvgIpc) is 2.64. The van der Waals surface area contributed by atoms with Gasteiger partial charge in [0.15, 0.2) is 0 Å². The molecule has 0 N–H and O–H groups in total. The van der Waals surface area contributed by atoms with Crippen molar-refractivity contribution in [2.24, 2.45) is 0 Å². The number of rotatable bonds is 2. The maximum atomic E-state index is 10.6.